The molecule has 78 heavy (non-hydrogen) atoms. The topological polar surface area (TPSA) is 339 Å². The number of allylic oxidation sites excluding steroid dienone is 2. The summed E-state index contributed by atoms with van der Waals surface area (Å²) in [5, 5.41) is 21.5. The van der Waals surface area contributed by atoms with E-state index in [2.05, 4.69) is 15.5 Å². The smallest absolute Gasteiger partial charge is 0.321 e. The van der Waals surface area contributed by atoms with Crippen molar-refractivity contribution in [2.75, 3.05) is 44.4 Å². The van der Waals surface area contributed by atoms with E-state index in [-0.39, 0.29) is 73.7 Å². The minimum absolute atomic E-state index is 0.0271. The first-order valence-corrected chi connectivity index (χ1v) is 26.3. The van der Waals surface area contributed by atoms with Crippen LogP contribution in [0.2, 0.25) is 0 Å². The molecule has 7 heterocycles. The number of carbonyl (C=O) groups is 7. The van der Waals surface area contributed by atoms with Crippen LogP contribution in [0, 0.1) is 19.8 Å². The fourth-order valence-electron chi connectivity index (χ4n) is 9.75. The summed E-state index contributed by atoms with van der Waals surface area (Å²) in [5.41, 5.74) is 22.0. The fourth-order valence-corrected chi connectivity index (χ4v) is 10.9. The molecule has 408 valence electrons. The number of hydrogen-bond donors (Lipinski definition) is 5. The van der Waals surface area contributed by atoms with Gasteiger partial charge in [0.05, 0.1) is 41.4 Å². The summed E-state index contributed by atoms with van der Waals surface area (Å²) in [6, 6.07) is 8.76. The van der Waals surface area contributed by atoms with Gasteiger partial charge in [-0.2, -0.15) is 10.2 Å². The van der Waals surface area contributed by atoms with E-state index in [4.69, 9.17) is 46.7 Å². The number of rotatable bonds is 23. The highest BCUT2D eigenvalue weighted by molar-refractivity contribution is 8.00. The van der Waals surface area contributed by atoms with Gasteiger partial charge in [0.15, 0.2) is 5.82 Å². The number of thioether (sulfide) groups is 1. The average molecular weight is 1090 g/mol. The molecule has 0 aliphatic carbocycles. The second-order valence-corrected chi connectivity index (χ2v) is 20.3. The fraction of sp³-hybridized carbons (Fsp3) is 0.385. The van der Waals surface area contributed by atoms with Crippen molar-refractivity contribution >= 4 is 92.1 Å². The van der Waals surface area contributed by atoms with Gasteiger partial charge in [0.25, 0.3) is 5.91 Å². The molecule has 2 aliphatic heterocycles. The first-order valence-electron chi connectivity index (χ1n) is 25.3. The van der Waals surface area contributed by atoms with E-state index in [9.17, 15) is 33.6 Å². The number of imidazole rings is 1. The largest absolute Gasteiger partial charge is 0.494 e. The first kappa shape index (κ1) is 54.2. The van der Waals surface area contributed by atoms with Crippen LogP contribution >= 0.6 is 11.8 Å². The van der Waals surface area contributed by atoms with Crippen molar-refractivity contribution in [1.82, 2.24) is 53.4 Å². The van der Waals surface area contributed by atoms with Crippen molar-refractivity contribution in [2.45, 2.75) is 84.4 Å². The maximum atomic E-state index is 13.8. The molecule has 0 spiro atoms. The van der Waals surface area contributed by atoms with E-state index < -0.39 is 46.8 Å². The van der Waals surface area contributed by atoms with Crippen molar-refractivity contribution in [3.63, 3.8) is 0 Å². The number of imide groups is 1. The number of primary amides is 2. The number of hydrogen-bond acceptors (Lipinski definition) is 16. The van der Waals surface area contributed by atoms with Gasteiger partial charge in [-0.15, -0.1) is 11.8 Å². The molecule has 0 radical (unpaired) electrons. The molecule has 5 aromatic heterocycles. The zero-order valence-electron chi connectivity index (χ0n) is 43.6. The van der Waals surface area contributed by atoms with E-state index in [1.54, 1.807) is 45.5 Å². The average Bonchev–Trinajstić information content (AvgIpc) is 4.29. The molecule has 9 rings (SSSR count). The highest BCUT2D eigenvalue weighted by Gasteiger charge is 2.40. The van der Waals surface area contributed by atoms with E-state index >= 15 is 0 Å². The minimum atomic E-state index is -1.20. The first-order chi connectivity index (χ1) is 37.4. The van der Waals surface area contributed by atoms with Crippen LogP contribution in [0.4, 0.5) is 5.95 Å². The van der Waals surface area contributed by atoms with Crippen molar-refractivity contribution in [2.24, 2.45) is 23.1 Å². The SMILES string of the molecule is CCn1nc(C)cc1C(=O)Nc1nc2cc(C(N)=O)cc(OC)c2n1C/C=C/Cn1c2nc(-c3cc(C)nn3CC)ncc2c2cc(C(N)=O)cc(OCCC3CN(C(=O)CCN4C(=O)CC(SC[C@H](N)C(=O)O)C4=O)C3)c21. The van der Waals surface area contributed by atoms with E-state index in [0.29, 0.717) is 100.0 Å². The third kappa shape index (κ3) is 10.8. The Labute approximate surface area is 450 Å². The number of carboxylic acids is 1. The van der Waals surface area contributed by atoms with Crippen molar-refractivity contribution in [1.29, 1.82) is 0 Å². The quantitative estimate of drug-likeness (QED) is 0.0453. The normalized spacial score (nSPS) is 15.3. The third-order valence-electron chi connectivity index (χ3n) is 13.7. The van der Waals surface area contributed by atoms with E-state index in [1.165, 1.54) is 19.2 Å². The molecule has 8 N–H and O–H groups in total. The highest BCUT2D eigenvalue weighted by atomic mass is 32.2. The van der Waals surface area contributed by atoms with Crippen molar-refractivity contribution in [3.8, 4) is 23.0 Å². The molecule has 1 unspecified atom stereocenters. The Balaban J connectivity index is 0.975. The van der Waals surface area contributed by atoms with Gasteiger partial charge in [0.1, 0.15) is 40.1 Å². The van der Waals surface area contributed by atoms with Gasteiger partial charge < -0.3 is 45.8 Å². The predicted molar refractivity (Wildman–Crippen MR) is 288 cm³/mol. The molecule has 26 heteroatoms. The van der Waals surface area contributed by atoms with Crippen LogP contribution in [0.25, 0.3) is 44.5 Å². The van der Waals surface area contributed by atoms with Crippen LogP contribution in [0.3, 0.4) is 0 Å². The second kappa shape index (κ2) is 22.5. The number of ether oxygens (including phenoxy) is 2. The number of methoxy groups -OCH3 is 1. The number of carboxylic acid groups (broad SMARTS) is 1. The molecular weight excluding hydrogens is 1030 g/mol. The highest BCUT2D eigenvalue weighted by Crippen LogP contribution is 2.38. The van der Waals surface area contributed by atoms with Crippen LogP contribution < -0.4 is 32.0 Å². The van der Waals surface area contributed by atoms with Gasteiger partial charge in [-0.3, -0.25) is 53.1 Å². The van der Waals surface area contributed by atoms with Gasteiger partial charge >= 0.3 is 5.97 Å². The third-order valence-corrected chi connectivity index (χ3v) is 15.0. The molecule has 2 atom stereocenters. The van der Waals surface area contributed by atoms with Gasteiger partial charge in [-0.25, -0.2) is 15.0 Å². The maximum Gasteiger partial charge on any atom is 0.321 e. The number of nitrogens with one attached hydrogen (secondary N) is 1. The summed E-state index contributed by atoms with van der Waals surface area (Å²) < 4.78 is 19.4. The van der Waals surface area contributed by atoms with Crippen LogP contribution in [-0.2, 0) is 45.4 Å². The number of benzene rings is 2. The minimum Gasteiger partial charge on any atom is -0.494 e. The molecule has 0 saturated carbocycles. The Kier molecular flexibility index (Phi) is 15.6. The van der Waals surface area contributed by atoms with Gasteiger partial charge in [-0.05, 0) is 76.4 Å². The van der Waals surface area contributed by atoms with Crippen molar-refractivity contribution < 1.29 is 48.1 Å². The number of aromatic nitrogens is 9. The van der Waals surface area contributed by atoms with Crippen LogP contribution in [0.15, 0.2) is 54.7 Å². The Morgan fingerprint density at radius 1 is 0.872 bits per heavy atom. The second-order valence-electron chi connectivity index (χ2n) is 19.0. The van der Waals surface area contributed by atoms with Crippen LogP contribution in [-0.4, -0.2) is 150 Å². The number of nitrogens with zero attached hydrogens (tertiary/aromatic N) is 11. The summed E-state index contributed by atoms with van der Waals surface area (Å²) in [4.78, 5) is 106. The lowest BCUT2D eigenvalue weighted by Gasteiger charge is -2.39. The predicted octanol–water partition coefficient (Wildman–Crippen LogP) is 3.26. The number of nitrogens with two attached hydrogens (primary N) is 3. The number of likely N-dealkylation sites (tertiary alicyclic amines) is 2. The summed E-state index contributed by atoms with van der Waals surface area (Å²) in [5.74, 6) is -2.78. The van der Waals surface area contributed by atoms with Gasteiger partial charge in [-0.1, -0.05) is 12.2 Å². The molecule has 2 fully saturated rings. The summed E-state index contributed by atoms with van der Waals surface area (Å²) >= 11 is 1.02. The Hall–Kier alpha value is -8.65. The van der Waals surface area contributed by atoms with E-state index in [0.717, 1.165) is 22.4 Å². The summed E-state index contributed by atoms with van der Waals surface area (Å²) in [6.45, 7) is 9.93. The number of aliphatic carboxylic acids is 1. The molecule has 2 saturated heterocycles. The standard InChI is InChI=1S/C52H59N15O10S/c1-6-66-36(16-27(3)60-66)47-56-23-33-32-18-30(45(54)70)21-39(77-15-11-29-24-62(25-29)41(68)10-14-63-42(69)22-40(50(63)73)78-26-34(53)51(74)75)43(32)64(48(33)58-47)12-8-9-13-65-44-35(19-31(46(55)71)20-38(44)76-5)57-52(65)59-49(72)37-17-28(4)61-67(37)7-2/h8-9,16-21,23,29,34,40H,6-7,10-15,22,24-26,53H2,1-5H3,(H2,54,70)(H2,55,71)(H,74,75)(H,57,59,72)/b9-8+/t34-,40?/m0/s1. The van der Waals surface area contributed by atoms with E-state index in [1.807, 2.05) is 48.2 Å². The Bertz CT molecular complexity index is 3590. The zero-order valence-corrected chi connectivity index (χ0v) is 44.4. The number of aryl methyl sites for hydroxylation is 4. The zero-order chi connectivity index (χ0) is 55.7. The van der Waals surface area contributed by atoms with Crippen molar-refractivity contribution in [3.05, 3.63) is 83.0 Å². The van der Waals surface area contributed by atoms with Gasteiger partial charge in [0, 0.05) is 92.5 Å². The Morgan fingerprint density at radius 3 is 2.24 bits per heavy atom. The monoisotopic (exact) mass is 1090 g/mol. The van der Waals surface area contributed by atoms with Crippen LogP contribution in [0.5, 0.6) is 11.5 Å². The number of carbonyl (C=O) groups excluding carboxylic acids is 6. The molecule has 25 nitrogen and oxygen atoms in total. The van der Waals surface area contributed by atoms with Crippen LogP contribution in [0.1, 0.15) is 75.7 Å². The summed E-state index contributed by atoms with van der Waals surface area (Å²) in [6.07, 6.45) is 5.90. The molecule has 7 aromatic rings. The lowest BCUT2D eigenvalue weighted by Crippen LogP contribution is -2.51. The Morgan fingerprint density at radius 2 is 1.55 bits per heavy atom. The molecule has 2 aromatic carbocycles. The maximum absolute atomic E-state index is 13.8. The lowest BCUT2D eigenvalue weighted by molar-refractivity contribution is -0.142. The molecular formula is C52H59N15O10S. The number of fused-ring (bicyclic) bond motifs is 4. The number of amides is 6. The molecule has 6 amide bonds. The van der Waals surface area contributed by atoms with Gasteiger partial charge in [0.2, 0.25) is 35.5 Å². The lowest BCUT2D eigenvalue weighted by atomic mass is 9.96. The molecule has 0 bridgehead atoms. The number of anilines is 1. The molecule has 2 aliphatic rings. The summed E-state index contributed by atoms with van der Waals surface area (Å²) in [7, 11) is 1.46.